The molecule has 2 heteroatoms. The monoisotopic (exact) mass is 304 g/mol. The Morgan fingerprint density at radius 2 is 1.78 bits per heavy atom. The van der Waals surface area contributed by atoms with Crippen molar-refractivity contribution in [1.82, 2.24) is 0 Å². The van der Waals surface area contributed by atoms with Gasteiger partial charge >= 0.3 is 5.97 Å². The van der Waals surface area contributed by atoms with E-state index in [0.29, 0.717) is 6.61 Å². The maximum absolute atomic E-state index is 11.5. The van der Waals surface area contributed by atoms with Gasteiger partial charge in [0.2, 0.25) is 0 Å². The smallest absolute Gasteiger partial charge is 0.330 e. The van der Waals surface area contributed by atoms with E-state index in [1.165, 1.54) is 6.08 Å². The lowest BCUT2D eigenvalue weighted by Crippen LogP contribution is -2.01. The van der Waals surface area contributed by atoms with Crippen molar-refractivity contribution < 1.29 is 9.53 Å². The van der Waals surface area contributed by atoms with Gasteiger partial charge in [0.25, 0.3) is 0 Å². The summed E-state index contributed by atoms with van der Waals surface area (Å²) >= 11 is 0. The number of rotatable bonds is 5. The van der Waals surface area contributed by atoms with Crippen LogP contribution < -0.4 is 0 Å². The zero-order valence-electron chi connectivity index (χ0n) is 13.3. The van der Waals surface area contributed by atoms with Crippen molar-refractivity contribution in [2.24, 2.45) is 0 Å². The van der Waals surface area contributed by atoms with E-state index in [1.54, 1.807) is 6.08 Å². The first kappa shape index (κ1) is 16.6. The van der Waals surface area contributed by atoms with Crippen molar-refractivity contribution in [3.05, 3.63) is 77.4 Å². The summed E-state index contributed by atoms with van der Waals surface area (Å²) in [6.45, 7) is 2.54. The van der Waals surface area contributed by atoms with Crippen molar-refractivity contribution in [2.45, 2.75) is 19.8 Å². The third kappa shape index (κ3) is 6.23. The molecule has 2 nitrogen and oxygen atoms in total. The molecule has 0 aliphatic heterocycles. The quantitative estimate of drug-likeness (QED) is 0.353. The molecule has 0 unspecified atom stereocenters. The standard InChI is InChI=1S/C21H20O2/c1-2-3-16-23-21(22)15-14-20-11-7-10-19(17-20)13-12-18-8-5-4-6-9-18/h4-11,14-15,17H,2-3,16H2,1H3/b15-14+. The fourth-order valence-corrected chi connectivity index (χ4v) is 1.92. The largest absolute Gasteiger partial charge is 0.463 e. The van der Waals surface area contributed by atoms with Gasteiger partial charge in [-0.1, -0.05) is 55.5 Å². The van der Waals surface area contributed by atoms with Crippen molar-refractivity contribution in [1.29, 1.82) is 0 Å². The van der Waals surface area contributed by atoms with Crippen LogP contribution in [0.5, 0.6) is 0 Å². The van der Waals surface area contributed by atoms with Crippen LogP contribution in [0.15, 0.2) is 60.7 Å². The number of hydrogen-bond donors (Lipinski definition) is 0. The van der Waals surface area contributed by atoms with Crippen LogP contribution in [0, 0.1) is 11.8 Å². The van der Waals surface area contributed by atoms with Crippen molar-refractivity contribution >= 4 is 12.0 Å². The van der Waals surface area contributed by atoms with E-state index in [0.717, 1.165) is 29.5 Å². The summed E-state index contributed by atoms with van der Waals surface area (Å²) in [6.07, 6.45) is 5.12. The summed E-state index contributed by atoms with van der Waals surface area (Å²) in [5, 5.41) is 0. The molecule has 0 N–H and O–H groups in total. The summed E-state index contributed by atoms with van der Waals surface area (Å²) in [5.41, 5.74) is 2.82. The van der Waals surface area contributed by atoms with Gasteiger partial charge < -0.3 is 4.74 Å². The van der Waals surface area contributed by atoms with Gasteiger partial charge in [-0.2, -0.15) is 0 Å². The van der Waals surface area contributed by atoms with Crippen LogP contribution in [0.1, 0.15) is 36.5 Å². The Labute approximate surface area is 137 Å². The summed E-state index contributed by atoms with van der Waals surface area (Å²) in [7, 11) is 0. The summed E-state index contributed by atoms with van der Waals surface area (Å²) in [5.74, 6) is 5.95. The van der Waals surface area contributed by atoms with Gasteiger partial charge in [-0.15, -0.1) is 0 Å². The van der Waals surface area contributed by atoms with E-state index in [9.17, 15) is 4.79 Å². The van der Waals surface area contributed by atoms with Crippen LogP contribution >= 0.6 is 0 Å². The van der Waals surface area contributed by atoms with E-state index in [4.69, 9.17) is 4.74 Å². The highest BCUT2D eigenvalue weighted by molar-refractivity contribution is 5.87. The molecule has 0 saturated carbocycles. The summed E-state index contributed by atoms with van der Waals surface area (Å²) < 4.78 is 5.09. The SMILES string of the molecule is CCCCOC(=O)/C=C/c1cccc(C#Cc2ccccc2)c1. The number of benzene rings is 2. The van der Waals surface area contributed by atoms with E-state index in [1.807, 2.05) is 54.6 Å². The number of ether oxygens (including phenoxy) is 1. The van der Waals surface area contributed by atoms with Crippen molar-refractivity contribution in [3.63, 3.8) is 0 Å². The number of hydrogen-bond acceptors (Lipinski definition) is 2. The maximum atomic E-state index is 11.5. The molecule has 23 heavy (non-hydrogen) atoms. The molecule has 0 bridgehead atoms. The first-order chi connectivity index (χ1) is 11.3. The highest BCUT2D eigenvalue weighted by Crippen LogP contribution is 2.07. The summed E-state index contributed by atoms with van der Waals surface area (Å²) in [4.78, 5) is 11.5. The molecule has 0 aromatic heterocycles. The molecule has 0 fully saturated rings. The van der Waals surface area contributed by atoms with Crippen LogP contribution in [0.2, 0.25) is 0 Å². The van der Waals surface area contributed by atoms with Crippen LogP contribution in [-0.2, 0) is 9.53 Å². The maximum Gasteiger partial charge on any atom is 0.330 e. The first-order valence-corrected chi connectivity index (χ1v) is 7.80. The minimum atomic E-state index is -0.306. The van der Waals surface area contributed by atoms with E-state index >= 15 is 0 Å². The van der Waals surface area contributed by atoms with Crippen molar-refractivity contribution in [2.75, 3.05) is 6.61 Å². The average molecular weight is 304 g/mol. The lowest BCUT2D eigenvalue weighted by atomic mass is 10.1. The predicted octanol–water partition coefficient (Wildman–Crippen LogP) is 4.44. The lowest BCUT2D eigenvalue weighted by molar-refractivity contribution is -0.137. The number of unbranched alkanes of at least 4 members (excludes halogenated alkanes) is 1. The Balaban J connectivity index is 2.00. The third-order valence-corrected chi connectivity index (χ3v) is 3.17. The molecule has 0 aliphatic rings. The van der Waals surface area contributed by atoms with E-state index in [2.05, 4.69) is 18.8 Å². The molecule has 2 aromatic rings. The zero-order valence-corrected chi connectivity index (χ0v) is 13.3. The molecule has 0 saturated heterocycles. The van der Waals surface area contributed by atoms with Gasteiger partial charge in [-0.25, -0.2) is 4.79 Å². The predicted molar refractivity (Wildman–Crippen MR) is 93.8 cm³/mol. The molecular weight excluding hydrogens is 284 g/mol. The molecule has 2 rings (SSSR count). The number of carbonyl (C=O) groups excluding carboxylic acids is 1. The van der Waals surface area contributed by atoms with Crippen LogP contribution in [-0.4, -0.2) is 12.6 Å². The minimum Gasteiger partial charge on any atom is -0.463 e. The van der Waals surface area contributed by atoms with Crippen LogP contribution in [0.25, 0.3) is 6.08 Å². The van der Waals surface area contributed by atoms with Gasteiger partial charge in [-0.3, -0.25) is 0 Å². The molecule has 0 atom stereocenters. The van der Waals surface area contributed by atoms with Gasteiger partial charge in [0.1, 0.15) is 0 Å². The molecule has 0 radical (unpaired) electrons. The Morgan fingerprint density at radius 3 is 2.57 bits per heavy atom. The second kappa shape index (κ2) is 9.27. The second-order valence-corrected chi connectivity index (χ2v) is 5.10. The topological polar surface area (TPSA) is 26.3 Å². The van der Waals surface area contributed by atoms with Gasteiger partial charge in [0.15, 0.2) is 0 Å². The van der Waals surface area contributed by atoms with E-state index in [-0.39, 0.29) is 5.97 Å². The molecule has 0 spiro atoms. The molecule has 0 aliphatic carbocycles. The third-order valence-electron chi connectivity index (χ3n) is 3.17. The van der Waals surface area contributed by atoms with Crippen LogP contribution in [0.3, 0.4) is 0 Å². The Morgan fingerprint density at radius 1 is 1.04 bits per heavy atom. The lowest BCUT2D eigenvalue weighted by Gasteiger charge is -1.99. The Hall–Kier alpha value is -2.79. The summed E-state index contributed by atoms with van der Waals surface area (Å²) in [6, 6.07) is 17.6. The number of esters is 1. The fourth-order valence-electron chi connectivity index (χ4n) is 1.92. The minimum absolute atomic E-state index is 0.306. The van der Waals surface area contributed by atoms with Crippen LogP contribution in [0.4, 0.5) is 0 Å². The molecule has 2 aromatic carbocycles. The molecule has 0 heterocycles. The van der Waals surface area contributed by atoms with Gasteiger partial charge in [0, 0.05) is 17.2 Å². The van der Waals surface area contributed by atoms with Gasteiger partial charge in [0.05, 0.1) is 6.61 Å². The molecular formula is C21H20O2. The molecule has 0 amide bonds. The Kier molecular flexibility index (Phi) is 6.68. The highest BCUT2D eigenvalue weighted by Gasteiger charge is 1.96. The fraction of sp³-hybridized carbons (Fsp3) is 0.190. The average Bonchev–Trinajstić information content (AvgIpc) is 2.60. The zero-order chi connectivity index (χ0) is 16.3. The Bertz CT molecular complexity index is 718. The second-order valence-electron chi connectivity index (χ2n) is 5.10. The molecule has 116 valence electrons. The highest BCUT2D eigenvalue weighted by atomic mass is 16.5. The van der Waals surface area contributed by atoms with Crippen molar-refractivity contribution in [3.8, 4) is 11.8 Å². The normalized spacial score (nSPS) is 10.1. The first-order valence-electron chi connectivity index (χ1n) is 7.80. The van der Waals surface area contributed by atoms with Gasteiger partial charge in [-0.05, 0) is 42.3 Å². The van der Waals surface area contributed by atoms with E-state index < -0.39 is 0 Å². The number of carbonyl (C=O) groups is 1.